The zero-order chi connectivity index (χ0) is 10.9. The molecular weight excluding hydrogens is 191 g/mol. The van der Waals surface area contributed by atoms with Crippen LogP contribution < -0.4 is 0 Å². The lowest BCUT2D eigenvalue weighted by Crippen LogP contribution is -2.29. The molecule has 4 nitrogen and oxygen atoms in total. The first-order valence-electron chi connectivity index (χ1n) is 4.18. The summed E-state index contributed by atoms with van der Waals surface area (Å²) in [6, 6.07) is 0. The van der Waals surface area contributed by atoms with Gasteiger partial charge in [0.05, 0.1) is 5.60 Å². The number of phosphoric ester groups is 1. The van der Waals surface area contributed by atoms with E-state index < -0.39 is 13.4 Å². The lowest BCUT2D eigenvalue weighted by molar-refractivity contribution is 0.0313. The third-order valence-corrected chi connectivity index (χ3v) is 2.05. The van der Waals surface area contributed by atoms with Crippen LogP contribution in [-0.4, -0.2) is 15.4 Å². The summed E-state index contributed by atoms with van der Waals surface area (Å²) in [7, 11) is -4.37. The molecule has 0 aliphatic carbocycles. The fourth-order valence-corrected chi connectivity index (χ4v) is 2.34. The second-order valence-electron chi connectivity index (χ2n) is 5.08. The van der Waals surface area contributed by atoms with Crippen LogP contribution in [0, 0.1) is 5.41 Å². The van der Waals surface area contributed by atoms with E-state index in [1.54, 1.807) is 13.8 Å². The highest BCUT2D eigenvalue weighted by Gasteiger charge is 2.32. The maximum Gasteiger partial charge on any atom is 0.470 e. The quantitative estimate of drug-likeness (QED) is 0.701. The van der Waals surface area contributed by atoms with E-state index in [0.29, 0.717) is 6.42 Å². The lowest BCUT2D eigenvalue weighted by Gasteiger charge is -2.32. The van der Waals surface area contributed by atoms with Crippen molar-refractivity contribution >= 4 is 7.82 Å². The maximum atomic E-state index is 10.6. The number of rotatable bonds is 3. The SMILES string of the molecule is CC(C)(C)CC(C)(C)OP(=O)(O)O. The van der Waals surface area contributed by atoms with Gasteiger partial charge in [-0.05, 0) is 25.7 Å². The van der Waals surface area contributed by atoms with Crippen LogP contribution in [0.15, 0.2) is 0 Å². The van der Waals surface area contributed by atoms with E-state index in [-0.39, 0.29) is 5.41 Å². The molecule has 0 atom stereocenters. The number of hydrogen-bond donors (Lipinski definition) is 2. The first kappa shape index (κ1) is 13.1. The van der Waals surface area contributed by atoms with Crippen molar-refractivity contribution in [1.82, 2.24) is 0 Å². The largest absolute Gasteiger partial charge is 0.470 e. The Bertz CT molecular complexity index is 211. The van der Waals surface area contributed by atoms with E-state index >= 15 is 0 Å². The van der Waals surface area contributed by atoms with E-state index in [1.165, 1.54) is 0 Å². The van der Waals surface area contributed by atoms with Gasteiger partial charge in [-0.2, -0.15) is 0 Å². The zero-order valence-electron chi connectivity index (χ0n) is 8.87. The Balaban J connectivity index is 4.34. The van der Waals surface area contributed by atoms with Crippen LogP contribution in [0.1, 0.15) is 41.0 Å². The van der Waals surface area contributed by atoms with E-state index in [9.17, 15) is 4.57 Å². The van der Waals surface area contributed by atoms with Crippen molar-refractivity contribution in [2.45, 2.75) is 46.6 Å². The summed E-state index contributed by atoms with van der Waals surface area (Å²) in [6.45, 7) is 9.35. The van der Waals surface area contributed by atoms with Crippen LogP contribution in [-0.2, 0) is 9.09 Å². The third-order valence-electron chi connectivity index (χ3n) is 1.32. The van der Waals surface area contributed by atoms with Crippen molar-refractivity contribution < 1.29 is 18.9 Å². The van der Waals surface area contributed by atoms with E-state index in [0.717, 1.165) is 0 Å². The minimum atomic E-state index is -4.37. The highest BCUT2D eigenvalue weighted by Crippen LogP contribution is 2.44. The summed E-state index contributed by atoms with van der Waals surface area (Å²) in [5.74, 6) is 0. The average molecular weight is 210 g/mol. The van der Waals surface area contributed by atoms with E-state index in [4.69, 9.17) is 9.79 Å². The first-order chi connectivity index (χ1) is 5.41. The minimum absolute atomic E-state index is 0.0152. The average Bonchev–Trinajstić information content (AvgIpc) is 1.43. The van der Waals surface area contributed by atoms with Gasteiger partial charge in [0.25, 0.3) is 0 Å². The Morgan fingerprint density at radius 2 is 1.54 bits per heavy atom. The van der Waals surface area contributed by atoms with Crippen molar-refractivity contribution in [2.75, 3.05) is 0 Å². The molecule has 0 aliphatic heterocycles. The summed E-state index contributed by atoms with van der Waals surface area (Å²) in [4.78, 5) is 17.3. The van der Waals surface area contributed by atoms with E-state index in [1.807, 2.05) is 20.8 Å². The monoisotopic (exact) mass is 210 g/mol. The van der Waals surface area contributed by atoms with Gasteiger partial charge in [0.15, 0.2) is 0 Å². The predicted molar refractivity (Wildman–Crippen MR) is 51.3 cm³/mol. The molecule has 0 aromatic rings. The van der Waals surface area contributed by atoms with Crippen LogP contribution in [0.25, 0.3) is 0 Å². The first-order valence-corrected chi connectivity index (χ1v) is 5.71. The molecule has 0 unspecified atom stereocenters. The summed E-state index contributed by atoms with van der Waals surface area (Å²) < 4.78 is 15.3. The molecule has 0 aliphatic rings. The summed E-state index contributed by atoms with van der Waals surface area (Å²) in [6.07, 6.45) is 0.588. The Morgan fingerprint density at radius 3 is 1.77 bits per heavy atom. The maximum absolute atomic E-state index is 10.6. The van der Waals surface area contributed by atoms with Crippen molar-refractivity contribution in [3.8, 4) is 0 Å². The van der Waals surface area contributed by atoms with Crippen LogP contribution in [0.5, 0.6) is 0 Å². The molecule has 0 aromatic carbocycles. The van der Waals surface area contributed by atoms with Crippen molar-refractivity contribution in [3.63, 3.8) is 0 Å². The highest BCUT2D eigenvalue weighted by atomic mass is 31.2. The molecule has 13 heavy (non-hydrogen) atoms. The number of hydrogen-bond acceptors (Lipinski definition) is 2. The second-order valence-corrected chi connectivity index (χ2v) is 6.24. The van der Waals surface area contributed by atoms with Gasteiger partial charge in [-0.25, -0.2) is 4.57 Å². The normalized spacial score (nSPS) is 14.7. The second kappa shape index (κ2) is 3.70. The van der Waals surface area contributed by atoms with Gasteiger partial charge in [-0.3, -0.25) is 4.52 Å². The fourth-order valence-electron chi connectivity index (χ4n) is 1.63. The highest BCUT2D eigenvalue weighted by molar-refractivity contribution is 7.46. The molecule has 0 saturated carbocycles. The minimum Gasteiger partial charge on any atom is -0.303 e. The predicted octanol–water partition coefficient (Wildman–Crippen LogP) is 2.31. The smallest absolute Gasteiger partial charge is 0.303 e. The van der Waals surface area contributed by atoms with Crippen LogP contribution in [0.2, 0.25) is 0 Å². The van der Waals surface area contributed by atoms with Crippen LogP contribution >= 0.6 is 7.82 Å². The molecule has 0 amide bonds. The Labute approximate surface area is 79.5 Å². The standard InChI is InChI=1S/C8H19O4P/c1-7(2,3)6-8(4,5)12-13(9,10)11/h6H2,1-5H3,(H2,9,10,11). The topological polar surface area (TPSA) is 66.8 Å². The van der Waals surface area contributed by atoms with Gasteiger partial charge in [0.1, 0.15) is 0 Å². The van der Waals surface area contributed by atoms with E-state index in [2.05, 4.69) is 4.52 Å². The summed E-state index contributed by atoms with van der Waals surface area (Å²) in [5, 5.41) is 0. The summed E-state index contributed by atoms with van der Waals surface area (Å²) in [5.41, 5.74) is -0.810. The molecule has 0 heterocycles. The van der Waals surface area contributed by atoms with Gasteiger partial charge in [0.2, 0.25) is 0 Å². The van der Waals surface area contributed by atoms with Crippen molar-refractivity contribution in [2.24, 2.45) is 5.41 Å². The van der Waals surface area contributed by atoms with Gasteiger partial charge in [0, 0.05) is 0 Å². The molecule has 0 rings (SSSR count). The van der Waals surface area contributed by atoms with Crippen LogP contribution in [0.3, 0.4) is 0 Å². The molecule has 2 N–H and O–H groups in total. The Hall–Kier alpha value is 0.110. The molecule has 0 fully saturated rings. The lowest BCUT2D eigenvalue weighted by atomic mass is 9.84. The molecule has 0 saturated heterocycles. The summed E-state index contributed by atoms with van der Waals surface area (Å²) >= 11 is 0. The third kappa shape index (κ3) is 8.44. The van der Waals surface area contributed by atoms with Crippen molar-refractivity contribution in [1.29, 1.82) is 0 Å². The molecule has 0 bridgehead atoms. The van der Waals surface area contributed by atoms with Crippen LogP contribution in [0.4, 0.5) is 0 Å². The molecule has 0 spiro atoms. The van der Waals surface area contributed by atoms with Gasteiger partial charge in [-0.15, -0.1) is 0 Å². The Kier molecular flexibility index (Phi) is 3.73. The van der Waals surface area contributed by atoms with Crippen molar-refractivity contribution in [3.05, 3.63) is 0 Å². The van der Waals surface area contributed by atoms with Gasteiger partial charge < -0.3 is 9.79 Å². The molecule has 0 aromatic heterocycles. The Morgan fingerprint density at radius 1 is 1.15 bits per heavy atom. The molecule has 5 heteroatoms. The number of phosphoric acid groups is 1. The molecule has 0 radical (unpaired) electrons. The van der Waals surface area contributed by atoms with Gasteiger partial charge >= 0.3 is 7.82 Å². The zero-order valence-corrected chi connectivity index (χ0v) is 9.76. The fraction of sp³-hybridized carbons (Fsp3) is 1.00. The molecule has 80 valence electrons. The van der Waals surface area contributed by atoms with Gasteiger partial charge in [-0.1, -0.05) is 20.8 Å². The molecular formula is C8H19O4P.